The second-order valence-corrected chi connectivity index (χ2v) is 8.76. The Bertz CT molecular complexity index is 565. The molecule has 5 nitrogen and oxygen atoms in total. The molecule has 0 aliphatic heterocycles. The van der Waals surface area contributed by atoms with Crippen LogP contribution in [0.1, 0.15) is 30.2 Å². The monoisotopic (exact) mass is 332 g/mol. The Balaban J connectivity index is 2.02. The van der Waals surface area contributed by atoms with E-state index in [1.165, 1.54) is 28.5 Å². The minimum Gasteiger partial charge on any atom is -0.380 e. The fourth-order valence-corrected chi connectivity index (χ4v) is 4.83. The number of likely N-dealkylation sites (N-methyl/N-ethyl adjacent to an activating group) is 1. The first-order valence-electron chi connectivity index (χ1n) is 7.32. The minimum atomic E-state index is -3.40. The lowest BCUT2D eigenvalue weighted by molar-refractivity contribution is 0.138. The van der Waals surface area contributed by atoms with Gasteiger partial charge in [-0.05, 0) is 38.3 Å². The zero-order valence-corrected chi connectivity index (χ0v) is 14.5. The van der Waals surface area contributed by atoms with Crippen LogP contribution in [0.4, 0.5) is 0 Å². The fourth-order valence-electron chi connectivity index (χ4n) is 1.93. The highest BCUT2D eigenvalue weighted by Gasteiger charge is 2.25. The molecule has 0 saturated heterocycles. The number of thiophene rings is 1. The molecule has 1 aliphatic rings. The van der Waals surface area contributed by atoms with E-state index in [0.717, 1.165) is 17.0 Å². The van der Waals surface area contributed by atoms with Crippen LogP contribution in [0.5, 0.6) is 0 Å². The van der Waals surface area contributed by atoms with Gasteiger partial charge in [-0.2, -0.15) is 4.31 Å². The third kappa shape index (κ3) is 4.50. The number of sulfonamides is 1. The lowest BCUT2D eigenvalue weighted by Crippen LogP contribution is -2.29. The van der Waals surface area contributed by atoms with E-state index in [0.29, 0.717) is 30.0 Å². The van der Waals surface area contributed by atoms with E-state index < -0.39 is 10.0 Å². The summed E-state index contributed by atoms with van der Waals surface area (Å²) in [7, 11) is -1.80. The summed E-state index contributed by atoms with van der Waals surface area (Å²) < 4.78 is 32.0. The number of nitrogens with one attached hydrogen (secondary N) is 1. The predicted molar refractivity (Wildman–Crippen MR) is 85.2 cm³/mol. The Morgan fingerprint density at radius 2 is 2.19 bits per heavy atom. The number of aryl methyl sites for hydroxylation is 1. The first-order chi connectivity index (χ1) is 9.95. The molecule has 0 atom stereocenters. The van der Waals surface area contributed by atoms with Crippen molar-refractivity contribution in [3.05, 3.63) is 16.5 Å². The van der Waals surface area contributed by atoms with Gasteiger partial charge < -0.3 is 10.1 Å². The van der Waals surface area contributed by atoms with Crippen molar-refractivity contribution in [2.45, 2.75) is 43.5 Å². The molecule has 0 aromatic carbocycles. The van der Waals surface area contributed by atoms with Crippen molar-refractivity contribution in [2.75, 3.05) is 26.8 Å². The van der Waals surface area contributed by atoms with Gasteiger partial charge in [0.05, 0.1) is 6.61 Å². The van der Waals surface area contributed by atoms with Gasteiger partial charge in [0.25, 0.3) is 10.0 Å². The highest BCUT2D eigenvalue weighted by atomic mass is 32.2. The minimum absolute atomic E-state index is 0.378. The normalized spacial score (nSPS) is 15.8. The van der Waals surface area contributed by atoms with Crippen molar-refractivity contribution < 1.29 is 13.2 Å². The van der Waals surface area contributed by atoms with E-state index in [9.17, 15) is 8.42 Å². The lowest BCUT2D eigenvalue weighted by Gasteiger charge is -2.15. The summed E-state index contributed by atoms with van der Waals surface area (Å²) in [4.78, 5) is 1.11. The van der Waals surface area contributed by atoms with Crippen molar-refractivity contribution in [3.63, 3.8) is 0 Å². The highest BCUT2D eigenvalue weighted by Crippen LogP contribution is 2.29. The van der Waals surface area contributed by atoms with E-state index in [1.807, 2.05) is 13.8 Å². The summed E-state index contributed by atoms with van der Waals surface area (Å²) in [5.41, 5.74) is 1.05. The van der Waals surface area contributed by atoms with E-state index >= 15 is 0 Å². The third-order valence-corrected chi connectivity index (χ3v) is 7.09. The van der Waals surface area contributed by atoms with Crippen LogP contribution in [0.3, 0.4) is 0 Å². The second kappa shape index (κ2) is 7.19. The van der Waals surface area contributed by atoms with Gasteiger partial charge in [0.2, 0.25) is 0 Å². The Morgan fingerprint density at radius 1 is 1.48 bits per heavy atom. The van der Waals surface area contributed by atoms with Crippen LogP contribution in [0.15, 0.2) is 10.3 Å². The van der Waals surface area contributed by atoms with Crippen LogP contribution in [-0.4, -0.2) is 45.6 Å². The molecule has 1 heterocycles. The van der Waals surface area contributed by atoms with Gasteiger partial charge in [-0.1, -0.05) is 0 Å². The quantitative estimate of drug-likeness (QED) is 0.703. The number of ether oxygens (including phenoxy) is 1. The van der Waals surface area contributed by atoms with Gasteiger partial charge in [-0.3, -0.25) is 0 Å². The highest BCUT2D eigenvalue weighted by molar-refractivity contribution is 7.91. The molecule has 0 bridgehead atoms. The van der Waals surface area contributed by atoms with Crippen LogP contribution >= 0.6 is 11.3 Å². The summed E-state index contributed by atoms with van der Waals surface area (Å²) in [5, 5.41) is 3.43. The molecule has 1 aromatic heterocycles. The molecule has 1 aliphatic carbocycles. The van der Waals surface area contributed by atoms with Crippen molar-refractivity contribution in [1.29, 1.82) is 0 Å². The number of hydrogen-bond donors (Lipinski definition) is 1. The molecule has 1 fully saturated rings. The molecule has 0 spiro atoms. The second-order valence-electron chi connectivity index (χ2n) is 5.35. The van der Waals surface area contributed by atoms with Crippen molar-refractivity contribution >= 4 is 21.4 Å². The molecule has 1 aromatic rings. The van der Waals surface area contributed by atoms with E-state index in [1.54, 1.807) is 13.1 Å². The predicted octanol–water partition coefficient (Wildman–Crippen LogP) is 1.97. The molecule has 1 saturated carbocycles. The van der Waals surface area contributed by atoms with Crippen LogP contribution in [0, 0.1) is 6.92 Å². The van der Waals surface area contributed by atoms with Gasteiger partial charge in [0.15, 0.2) is 0 Å². The number of hydrogen-bond acceptors (Lipinski definition) is 5. The summed E-state index contributed by atoms with van der Waals surface area (Å²) in [6.45, 7) is 6.04. The Kier molecular flexibility index (Phi) is 5.79. The standard InChI is InChI=1S/C14H24N2O3S2/c1-4-19-8-7-16(3)21(17,18)14-9-11(2)13(20-14)10-15-12-5-6-12/h9,12,15H,4-8,10H2,1-3H3. The maximum atomic E-state index is 12.5. The van der Waals surface area contributed by atoms with E-state index in [-0.39, 0.29) is 0 Å². The van der Waals surface area contributed by atoms with Gasteiger partial charge in [-0.15, -0.1) is 11.3 Å². The average molecular weight is 332 g/mol. The van der Waals surface area contributed by atoms with Gasteiger partial charge in [0, 0.05) is 37.7 Å². The smallest absolute Gasteiger partial charge is 0.252 e. The van der Waals surface area contributed by atoms with Gasteiger partial charge in [0.1, 0.15) is 4.21 Å². The van der Waals surface area contributed by atoms with Crippen molar-refractivity contribution in [3.8, 4) is 0 Å². The lowest BCUT2D eigenvalue weighted by atomic mass is 10.3. The first kappa shape index (κ1) is 16.9. The largest absolute Gasteiger partial charge is 0.380 e. The number of nitrogens with zero attached hydrogens (tertiary/aromatic N) is 1. The van der Waals surface area contributed by atoms with Gasteiger partial charge >= 0.3 is 0 Å². The number of rotatable bonds is 9. The van der Waals surface area contributed by atoms with Crippen molar-refractivity contribution in [2.24, 2.45) is 0 Å². The molecule has 0 unspecified atom stereocenters. The van der Waals surface area contributed by atoms with Gasteiger partial charge in [-0.25, -0.2) is 8.42 Å². The SMILES string of the molecule is CCOCCN(C)S(=O)(=O)c1cc(C)c(CNC2CC2)s1. The summed E-state index contributed by atoms with van der Waals surface area (Å²) in [6, 6.07) is 2.40. The molecule has 0 amide bonds. The molecule has 2 rings (SSSR count). The Labute approximate surface area is 131 Å². The van der Waals surface area contributed by atoms with Crippen molar-refractivity contribution in [1.82, 2.24) is 9.62 Å². The maximum absolute atomic E-state index is 12.5. The molecule has 1 N–H and O–H groups in total. The first-order valence-corrected chi connectivity index (χ1v) is 9.57. The molecule has 0 radical (unpaired) electrons. The topological polar surface area (TPSA) is 58.6 Å². The summed E-state index contributed by atoms with van der Waals surface area (Å²) >= 11 is 1.37. The maximum Gasteiger partial charge on any atom is 0.252 e. The Hall–Kier alpha value is -0.470. The average Bonchev–Trinajstić information content (AvgIpc) is 3.19. The fraction of sp³-hybridized carbons (Fsp3) is 0.714. The zero-order chi connectivity index (χ0) is 15.5. The summed E-state index contributed by atoms with van der Waals surface area (Å²) in [5.74, 6) is 0. The van der Waals surface area contributed by atoms with Crippen LogP contribution in [-0.2, 0) is 21.3 Å². The molecular formula is C14H24N2O3S2. The summed E-state index contributed by atoms with van der Waals surface area (Å²) in [6.07, 6.45) is 2.46. The molecular weight excluding hydrogens is 308 g/mol. The molecule has 120 valence electrons. The van der Waals surface area contributed by atoms with Crippen LogP contribution in [0.2, 0.25) is 0 Å². The third-order valence-electron chi connectivity index (χ3n) is 3.55. The Morgan fingerprint density at radius 3 is 2.81 bits per heavy atom. The van der Waals surface area contributed by atoms with E-state index in [4.69, 9.17) is 4.74 Å². The molecule has 21 heavy (non-hydrogen) atoms. The van der Waals surface area contributed by atoms with E-state index in [2.05, 4.69) is 5.32 Å². The zero-order valence-electron chi connectivity index (χ0n) is 12.9. The van der Waals surface area contributed by atoms with Crippen LogP contribution < -0.4 is 5.32 Å². The molecule has 7 heteroatoms. The van der Waals surface area contributed by atoms with Crippen LogP contribution in [0.25, 0.3) is 0 Å².